The maximum Gasteiger partial charge on any atom is 0.0963 e. The van der Waals surface area contributed by atoms with Gasteiger partial charge in [-0.1, -0.05) is 19.1 Å². The minimum absolute atomic E-state index is 0.403. The Bertz CT molecular complexity index is 215. The Labute approximate surface area is 61.4 Å². The highest BCUT2D eigenvalue weighted by molar-refractivity contribution is 5.46. The minimum Gasteiger partial charge on any atom is -0.512 e. The summed E-state index contributed by atoms with van der Waals surface area (Å²) in [5.74, 6) is 0.403. The van der Waals surface area contributed by atoms with Gasteiger partial charge in [-0.2, -0.15) is 0 Å². The van der Waals surface area contributed by atoms with Gasteiger partial charge in [0.15, 0.2) is 0 Å². The number of rotatable bonds is 1. The molecule has 0 fully saturated rings. The number of aliphatic hydroxyl groups excluding tert-OH is 1. The van der Waals surface area contributed by atoms with Gasteiger partial charge in [0.1, 0.15) is 0 Å². The molecule has 1 N–H and O–H groups in total. The zero-order chi connectivity index (χ0) is 7.56. The number of hydrogen-bond acceptors (Lipinski definition) is 1. The van der Waals surface area contributed by atoms with E-state index in [1.54, 1.807) is 6.92 Å². The molecular formula is C9H12O. The van der Waals surface area contributed by atoms with Crippen molar-refractivity contribution in [3.8, 4) is 0 Å². The van der Waals surface area contributed by atoms with Gasteiger partial charge < -0.3 is 5.11 Å². The first kappa shape index (κ1) is 7.13. The number of allylic oxidation sites excluding steroid dienone is 6. The molecule has 0 aromatic carbocycles. The van der Waals surface area contributed by atoms with E-state index in [1.807, 2.05) is 18.2 Å². The van der Waals surface area contributed by atoms with Crippen molar-refractivity contribution in [2.24, 2.45) is 0 Å². The molecule has 0 amide bonds. The first-order valence-corrected chi connectivity index (χ1v) is 3.52. The van der Waals surface area contributed by atoms with Crippen LogP contribution in [-0.4, -0.2) is 5.11 Å². The molecule has 1 nitrogen and oxygen atoms in total. The molecule has 0 saturated carbocycles. The van der Waals surface area contributed by atoms with Gasteiger partial charge in [0, 0.05) is 5.57 Å². The quantitative estimate of drug-likeness (QED) is 0.549. The summed E-state index contributed by atoms with van der Waals surface area (Å²) in [5, 5.41) is 9.05. The molecule has 0 spiro atoms. The zero-order valence-corrected chi connectivity index (χ0v) is 6.39. The minimum atomic E-state index is 0.403. The van der Waals surface area contributed by atoms with Gasteiger partial charge in [-0.3, -0.25) is 0 Å². The van der Waals surface area contributed by atoms with Gasteiger partial charge in [-0.25, -0.2) is 0 Å². The summed E-state index contributed by atoms with van der Waals surface area (Å²) in [5.41, 5.74) is 2.22. The molecule has 1 aliphatic rings. The van der Waals surface area contributed by atoms with E-state index in [1.165, 1.54) is 5.57 Å². The fourth-order valence-corrected chi connectivity index (χ4v) is 0.938. The summed E-state index contributed by atoms with van der Waals surface area (Å²) < 4.78 is 0. The van der Waals surface area contributed by atoms with Crippen LogP contribution in [0.5, 0.6) is 0 Å². The Balaban J connectivity index is 2.85. The van der Waals surface area contributed by atoms with E-state index in [9.17, 15) is 0 Å². The summed E-state index contributed by atoms with van der Waals surface area (Å²) in [7, 11) is 0. The molecule has 0 heterocycles. The lowest BCUT2D eigenvalue weighted by atomic mass is 10.2. The SMILES string of the molecule is CCC1=C/C(=C(/C)O)C=C1. The summed E-state index contributed by atoms with van der Waals surface area (Å²) in [6, 6.07) is 0. The van der Waals surface area contributed by atoms with Crippen LogP contribution in [0.1, 0.15) is 20.3 Å². The van der Waals surface area contributed by atoms with Crippen LogP contribution in [0.2, 0.25) is 0 Å². The highest BCUT2D eigenvalue weighted by Gasteiger charge is 2.01. The van der Waals surface area contributed by atoms with Crippen LogP contribution in [0.3, 0.4) is 0 Å². The molecule has 10 heavy (non-hydrogen) atoms. The van der Waals surface area contributed by atoms with E-state index in [0.29, 0.717) is 5.76 Å². The van der Waals surface area contributed by atoms with Gasteiger partial charge in [-0.15, -0.1) is 0 Å². The van der Waals surface area contributed by atoms with Gasteiger partial charge in [0.25, 0.3) is 0 Å². The van der Waals surface area contributed by atoms with E-state index in [4.69, 9.17) is 5.11 Å². The lowest BCUT2D eigenvalue weighted by Crippen LogP contribution is -1.75. The van der Waals surface area contributed by atoms with Crippen LogP contribution in [0.25, 0.3) is 0 Å². The van der Waals surface area contributed by atoms with E-state index in [-0.39, 0.29) is 0 Å². The monoisotopic (exact) mass is 136 g/mol. The maximum atomic E-state index is 9.05. The van der Waals surface area contributed by atoms with Gasteiger partial charge in [-0.05, 0) is 25.0 Å². The fraction of sp³-hybridized carbons (Fsp3) is 0.333. The van der Waals surface area contributed by atoms with Crippen molar-refractivity contribution in [1.29, 1.82) is 0 Å². The fourth-order valence-electron chi connectivity index (χ4n) is 0.938. The molecule has 0 aliphatic heterocycles. The molecule has 0 unspecified atom stereocenters. The summed E-state index contributed by atoms with van der Waals surface area (Å²) in [4.78, 5) is 0. The van der Waals surface area contributed by atoms with Crippen molar-refractivity contribution in [2.75, 3.05) is 0 Å². The topological polar surface area (TPSA) is 20.2 Å². The normalized spacial score (nSPS) is 21.2. The Kier molecular flexibility index (Phi) is 1.95. The Hall–Kier alpha value is -0.980. The third-order valence-corrected chi connectivity index (χ3v) is 1.64. The van der Waals surface area contributed by atoms with E-state index in [0.717, 1.165) is 12.0 Å². The third kappa shape index (κ3) is 1.29. The van der Waals surface area contributed by atoms with Crippen molar-refractivity contribution < 1.29 is 5.11 Å². The summed E-state index contributed by atoms with van der Waals surface area (Å²) in [6.07, 6.45) is 7.02. The smallest absolute Gasteiger partial charge is 0.0963 e. The second-order valence-electron chi connectivity index (χ2n) is 2.45. The highest BCUT2D eigenvalue weighted by atomic mass is 16.3. The Morgan fingerprint density at radius 1 is 1.50 bits per heavy atom. The number of aliphatic hydroxyl groups is 1. The molecule has 1 heteroatoms. The molecule has 0 aromatic rings. The molecule has 0 radical (unpaired) electrons. The van der Waals surface area contributed by atoms with Gasteiger partial charge >= 0.3 is 0 Å². The molecule has 0 saturated heterocycles. The van der Waals surface area contributed by atoms with E-state index >= 15 is 0 Å². The van der Waals surface area contributed by atoms with E-state index < -0.39 is 0 Å². The van der Waals surface area contributed by atoms with Crippen LogP contribution >= 0.6 is 0 Å². The van der Waals surface area contributed by atoms with E-state index in [2.05, 4.69) is 6.92 Å². The first-order valence-electron chi connectivity index (χ1n) is 3.52. The highest BCUT2D eigenvalue weighted by Crippen LogP contribution is 2.18. The lowest BCUT2D eigenvalue weighted by molar-refractivity contribution is 0.411. The average Bonchev–Trinajstić information content (AvgIpc) is 2.34. The molecule has 0 bridgehead atoms. The summed E-state index contributed by atoms with van der Waals surface area (Å²) in [6.45, 7) is 3.81. The first-order chi connectivity index (χ1) is 4.74. The molecule has 0 aromatic heterocycles. The third-order valence-electron chi connectivity index (χ3n) is 1.64. The molecular weight excluding hydrogens is 124 g/mol. The predicted octanol–water partition coefficient (Wildman–Crippen LogP) is 2.72. The standard InChI is InChI=1S/C9H12O/c1-3-8-4-5-9(6-8)7(2)10/h4-6,10H,3H2,1-2H3/b9-7-. The molecule has 54 valence electrons. The van der Waals surface area contributed by atoms with Crippen LogP contribution in [0.15, 0.2) is 35.1 Å². The maximum absolute atomic E-state index is 9.05. The van der Waals surface area contributed by atoms with Crippen molar-refractivity contribution >= 4 is 0 Å². The van der Waals surface area contributed by atoms with Crippen LogP contribution in [-0.2, 0) is 0 Å². The van der Waals surface area contributed by atoms with Crippen LogP contribution in [0.4, 0.5) is 0 Å². The molecule has 0 atom stereocenters. The van der Waals surface area contributed by atoms with Crippen molar-refractivity contribution in [2.45, 2.75) is 20.3 Å². The largest absolute Gasteiger partial charge is 0.512 e. The van der Waals surface area contributed by atoms with Crippen LogP contribution < -0.4 is 0 Å². The Morgan fingerprint density at radius 3 is 2.50 bits per heavy atom. The van der Waals surface area contributed by atoms with Crippen molar-refractivity contribution in [3.63, 3.8) is 0 Å². The predicted molar refractivity (Wildman–Crippen MR) is 42.8 cm³/mol. The van der Waals surface area contributed by atoms with Gasteiger partial charge in [0.2, 0.25) is 0 Å². The van der Waals surface area contributed by atoms with Gasteiger partial charge in [0.05, 0.1) is 5.76 Å². The zero-order valence-electron chi connectivity index (χ0n) is 6.39. The molecule has 1 aliphatic carbocycles. The summed E-state index contributed by atoms with van der Waals surface area (Å²) >= 11 is 0. The van der Waals surface area contributed by atoms with Crippen molar-refractivity contribution in [3.05, 3.63) is 35.1 Å². The second-order valence-corrected chi connectivity index (χ2v) is 2.45. The van der Waals surface area contributed by atoms with Crippen molar-refractivity contribution in [1.82, 2.24) is 0 Å². The van der Waals surface area contributed by atoms with Crippen LogP contribution in [0, 0.1) is 0 Å². The Morgan fingerprint density at radius 2 is 2.20 bits per heavy atom. The molecule has 1 rings (SSSR count). The lowest BCUT2D eigenvalue weighted by Gasteiger charge is -1.91. The number of hydrogen-bond donors (Lipinski definition) is 1. The second kappa shape index (κ2) is 2.74. The average molecular weight is 136 g/mol.